The quantitative estimate of drug-likeness (QED) is 0.414. The Labute approximate surface area is 157 Å². The molecule has 0 spiro atoms. The molecule has 7 heteroatoms. The number of nitrogens with one attached hydrogen (secondary N) is 1. The molecule has 0 radical (unpaired) electrons. The van der Waals surface area contributed by atoms with Crippen LogP contribution >= 0.6 is 11.8 Å². The highest BCUT2D eigenvalue weighted by molar-refractivity contribution is 8.00. The molecule has 0 saturated heterocycles. The number of benzene rings is 1. The molecular formula is C19H25N3O3S. The van der Waals surface area contributed by atoms with Gasteiger partial charge in [-0.2, -0.15) is 0 Å². The van der Waals surface area contributed by atoms with Gasteiger partial charge >= 0.3 is 0 Å². The number of hydrogen-bond donors (Lipinski definition) is 1. The van der Waals surface area contributed by atoms with Crippen LogP contribution in [0.15, 0.2) is 34.2 Å². The number of amides is 1. The molecule has 1 N–H and O–H groups in total. The Bertz CT molecular complexity index is 832. The molecule has 1 atom stereocenters. The molecule has 0 bridgehead atoms. The number of ether oxygens (including phenoxy) is 1. The summed E-state index contributed by atoms with van der Waals surface area (Å²) in [6.45, 7) is 5.72. The minimum absolute atomic E-state index is 0.00933. The molecule has 0 aliphatic heterocycles. The van der Waals surface area contributed by atoms with Gasteiger partial charge in [0.15, 0.2) is 5.16 Å². The maximum absolute atomic E-state index is 12.8. The second-order valence-corrected chi connectivity index (χ2v) is 7.73. The number of carbonyl (C=O) groups excluding carboxylic acids is 1. The molecule has 1 amide bonds. The average molecular weight is 375 g/mol. The van der Waals surface area contributed by atoms with Crippen LogP contribution in [0.5, 0.6) is 0 Å². The number of fused-ring (bicyclic) bond motifs is 1. The number of hydrogen-bond acceptors (Lipinski definition) is 5. The summed E-state index contributed by atoms with van der Waals surface area (Å²) in [5, 5.41) is 3.87. The first-order chi connectivity index (χ1) is 12.6. The van der Waals surface area contributed by atoms with Crippen LogP contribution < -0.4 is 10.9 Å². The molecule has 1 heterocycles. The first-order valence-electron chi connectivity index (χ1n) is 9.15. The predicted octanol–water partition coefficient (Wildman–Crippen LogP) is 2.75. The maximum Gasteiger partial charge on any atom is 0.262 e. The molecule has 1 saturated carbocycles. The zero-order chi connectivity index (χ0) is 18.5. The topological polar surface area (TPSA) is 73.2 Å². The largest absolute Gasteiger partial charge is 0.382 e. The maximum atomic E-state index is 12.8. The third kappa shape index (κ3) is 4.45. The first kappa shape index (κ1) is 18.9. The van der Waals surface area contributed by atoms with Crippen LogP contribution in [-0.2, 0) is 9.53 Å². The van der Waals surface area contributed by atoms with Crippen molar-refractivity contribution < 1.29 is 9.53 Å². The van der Waals surface area contributed by atoms with Crippen molar-refractivity contribution >= 4 is 28.6 Å². The smallest absolute Gasteiger partial charge is 0.262 e. The highest BCUT2D eigenvalue weighted by atomic mass is 32.2. The van der Waals surface area contributed by atoms with Crippen LogP contribution in [0.4, 0.5) is 0 Å². The van der Waals surface area contributed by atoms with Crippen molar-refractivity contribution in [1.29, 1.82) is 0 Å². The van der Waals surface area contributed by atoms with E-state index in [9.17, 15) is 9.59 Å². The summed E-state index contributed by atoms with van der Waals surface area (Å²) in [6.07, 6.45) is 2.77. The van der Waals surface area contributed by atoms with Crippen LogP contribution in [0, 0.1) is 0 Å². The fourth-order valence-corrected chi connectivity index (χ4v) is 3.75. The predicted molar refractivity (Wildman–Crippen MR) is 104 cm³/mol. The van der Waals surface area contributed by atoms with Gasteiger partial charge in [-0.3, -0.25) is 14.2 Å². The van der Waals surface area contributed by atoms with Gasteiger partial charge in [0.25, 0.3) is 5.56 Å². The molecule has 1 fully saturated rings. The van der Waals surface area contributed by atoms with E-state index < -0.39 is 0 Å². The van der Waals surface area contributed by atoms with Crippen molar-refractivity contribution in [2.75, 3.05) is 19.8 Å². The zero-order valence-electron chi connectivity index (χ0n) is 15.2. The summed E-state index contributed by atoms with van der Waals surface area (Å²) >= 11 is 1.35. The van der Waals surface area contributed by atoms with E-state index >= 15 is 0 Å². The number of thioether (sulfide) groups is 1. The van der Waals surface area contributed by atoms with Crippen molar-refractivity contribution in [2.45, 2.75) is 49.6 Å². The highest BCUT2D eigenvalue weighted by Crippen LogP contribution is 2.37. The molecule has 1 aliphatic rings. The summed E-state index contributed by atoms with van der Waals surface area (Å²) in [4.78, 5) is 29.9. The lowest BCUT2D eigenvalue weighted by Gasteiger charge is -2.16. The Morgan fingerprint density at radius 2 is 2.19 bits per heavy atom. The molecule has 1 unspecified atom stereocenters. The zero-order valence-corrected chi connectivity index (χ0v) is 16.1. The Balaban J connectivity index is 1.72. The summed E-state index contributed by atoms with van der Waals surface area (Å²) < 4.78 is 7.04. The van der Waals surface area contributed by atoms with E-state index in [0.717, 1.165) is 19.3 Å². The van der Waals surface area contributed by atoms with Gasteiger partial charge in [-0.15, -0.1) is 0 Å². The molecule has 6 nitrogen and oxygen atoms in total. The molecular weight excluding hydrogens is 350 g/mol. The normalized spacial score (nSPS) is 15.2. The van der Waals surface area contributed by atoms with E-state index in [1.807, 2.05) is 38.1 Å². The molecule has 26 heavy (non-hydrogen) atoms. The van der Waals surface area contributed by atoms with Crippen molar-refractivity contribution in [3.8, 4) is 0 Å². The molecule has 2 aromatic rings. The lowest BCUT2D eigenvalue weighted by Crippen LogP contribution is -2.33. The number of para-hydroxylation sites is 1. The Morgan fingerprint density at radius 1 is 1.42 bits per heavy atom. The number of aromatic nitrogens is 2. The van der Waals surface area contributed by atoms with Gasteiger partial charge in [0, 0.05) is 25.8 Å². The first-order valence-corrected chi connectivity index (χ1v) is 10.0. The minimum atomic E-state index is -0.319. The van der Waals surface area contributed by atoms with Crippen LogP contribution in [0.3, 0.4) is 0 Å². The average Bonchev–Trinajstić information content (AvgIpc) is 3.46. The van der Waals surface area contributed by atoms with Crippen LogP contribution in [0.2, 0.25) is 0 Å². The highest BCUT2D eigenvalue weighted by Gasteiger charge is 2.29. The lowest BCUT2D eigenvalue weighted by molar-refractivity contribution is -0.120. The van der Waals surface area contributed by atoms with Gasteiger partial charge in [-0.1, -0.05) is 23.9 Å². The van der Waals surface area contributed by atoms with Crippen molar-refractivity contribution in [2.24, 2.45) is 0 Å². The SMILES string of the molecule is CCOCCCNC(=O)C(C)Sc1nc2ccccc2c(=O)n1C1CC1. The van der Waals surface area contributed by atoms with E-state index in [2.05, 4.69) is 10.3 Å². The minimum Gasteiger partial charge on any atom is -0.382 e. The summed E-state index contributed by atoms with van der Waals surface area (Å²) in [7, 11) is 0. The molecule has 1 aliphatic carbocycles. The van der Waals surface area contributed by atoms with Gasteiger partial charge in [-0.25, -0.2) is 4.98 Å². The fraction of sp³-hybridized carbons (Fsp3) is 0.526. The van der Waals surface area contributed by atoms with Crippen molar-refractivity contribution in [3.63, 3.8) is 0 Å². The number of nitrogens with zero attached hydrogens (tertiary/aromatic N) is 2. The fourth-order valence-electron chi connectivity index (χ4n) is 2.75. The van der Waals surface area contributed by atoms with E-state index in [-0.39, 0.29) is 22.8 Å². The summed E-state index contributed by atoms with van der Waals surface area (Å²) in [5.41, 5.74) is 0.672. The number of rotatable bonds is 9. The Hall–Kier alpha value is -1.86. The van der Waals surface area contributed by atoms with E-state index in [0.29, 0.717) is 35.8 Å². The van der Waals surface area contributed by atoms with E-state index in [4.69, 9.17) is 4.74 Å². The second kappa shape index (κ2) is 8.68. The second-order valence-electron chi connectivity index (χ2n) is 6.42. The lowest BCUT2D eigenvalue weighted by atomic mass is 10.2. The van der Waals surface area contributed by atoms with E-state index in [1.165, 1.54) is 11.8 Å². The monoisotopic (exact) mass is 375 g/mol. The number of carbonyl (C=O) groups is 1. The van der Waals surface area contributed by atoms with Crippen LogP contribution in [-0.4, -0.2) is 40.5 Å². The summed E-state index contributed by atoms with van der Waals surface area (Å²) in [5.74, 6) is -0.0451. The van der Waals surface area contributed by atoms with E-state index in [1.54, 1.807) is 4.57 Å². The van der Waals surface area contributed by atoms with Gasteiger partial charge in [-0.05, 0) is 45.2 Å². The molecule has 1 aromatic heterocycles. The van der Waals surface area contributed by atoms with Crippen molar-refractivity contribution in [1.82, 2.24) is 14.9 Å². The Morgan fingerprint density at radius 3 is 2.92 bits per heavy atom. The van der Waals surface area contributed by atoms with Crippen molar-refractivity contribution in [3.05, 3.63) is 34.6 Å². The molecule has 3 rings (SSSR count). The van der Waals surface area contributed by atoms with Gasteiger partial charge in [0.2, 0.25) is 5.91 Å². The molecule has 140 valence electrons. The van der Waals surface area contributed by atoms with Gasteiger partial charge in [0.05, 0.1) is 16.2 Å². The molecule has 1 aromatic carbocycles. The van der Waals surface area contributed by atoms with Crippen LogP contribution in [0.25, 0.3) is 10.9 Å². The summed E-state index contributed by atoms with van der Waals surface area (Å²) in [6, 6.07) is 7.60. The van der Waals surface area contributed by atoms with Gasteiger partial charge < -0.3 is 10.1 Å². The third-order valence-electron chi connectivity index (χ3n) is 4.31. The standard InChI is InChI=1S/C19H25N3O3S/c1-3-25-12-6-11-20-17(23)13(2)26-19-21-16-8-5-4-7-15(16)18(24)22(19)14-9-10-14/h4-5,7-8,13-14H,3,6,9-12H2,1-2H3,(H,20,23). The van der Waals surface area contributed by atoms with Gasteiger partial charge in [0.1, 0.15) is 0 Å². The van der Waals surface area contributed by atoms with Crippen LogP contribution in [0.1, 0.15) is 39.2 Å². The Kier molecular flexibility index (Phi) is 6.32. The third-order valence-corrected chi connectivity index (χ3v) is 5.37.